The summed E-state index contributed by atoms with van der Waals surface area (Å²) in [6.45, 7) is 16.2. The first-order valence-corrected chi connectivity index (χ1v) is 17.0. The number of carboxylic acid groups (broad SMARTS) is 1. The topological polar surface area (TPSA) is 139 Å². The van der Waals surface area contributed by atoms with Crippen LogP contribution >= 0.6 is 0 Å². The van der Waals surface area contributed by atoms with E-state index < -0.39 is 53.4 Å². The number of carbonyl (C=O) groups excluding carboxylic acids is 3. The Bertz CT molecular complexity index is 1270. The van der Waals surface area contributed by atoms with E-state index in [2.05, 4.69) is 39.6 Å². The number of allylic oxidation sites excluding steroid dienone is 1. The number of rotatable bonds is 7. The molecule has 5 saturated carbocycles. The molecule has 0 unspecified atom stereocenters. The molecule has 5 rings (SSSR count). The van der Waals surface area contributed by atoms with Gasteiger partial charge in [0.1, 0.15) is 6.10 Å². The Morgan fingerprint density at radius 1 is 0.889 bits per heavy atom. The predicted molar refractivity (Wildman–Crippen MR) is 168 cm³/mol. The van der Waals surface area contributed by atoms with Crippen molar-refractivity contribution < 1.29 is 38.9 Å². The number of hydrogen-bond acceptors (Lipinski definition) is 7. The number of hydrogen-bond donors (Lipinski definition) is 3. The number of fused-ring (bicyclic) bond motifs is 7. The number of carbonyl (C=O) groups is 4. The maximum atomic E-state index is 14.3. The molecule has 0 heterocycles. The molecule has 0 saturated heterocycles. The molecule has 0 bridgehead atoms. The minimum Gasteiger partial charge on any atom is -0.481 e. The zero-order valence-corrected chi connectivity index (χ0v) is 28.4. The summed E-state index contributed by atoms with van der Waals surface area (Å²) < 4.78 is 10.7. The summed E-state index contributed by atoms with van der Waals surface area (Å²) in [7, 11) is 1.22. The van der Waals surface area contributed by atoms with Crippen molar-refractivity contribution in [3.63, 3.8) is 0 Å². The summed E-state index contributed by atoms with van der Waals surface area (Å²) in [5, 5.41) is 23.3. The normalized spacial score (nSPS) is 45.9. The van der Waals surface area contributed by atoms with E-state index >= 15 is 0 Å². The van der Waals surface area contributed by atoms with Crippen molar-refractivity contribution in [1.29, 1.82) is 0 Å². The van der Waals surface area contributed by atoms with E-state index in [0.717, 1.165) is 56.9 Å². The molecule has 12 atom stereocenters. The van der Waals surface area contributed by atoms with Gasteiger partial charge in [0, 0.05) is 6.92 Å². The third kappa shape index (κ3) is 4.63. The van der Waals surface area contributed by atoms with Crippen molar-refractivity contribution in [2.75, 3.05) is 13.7 Å². The molecule has 0 radical (unpaired) electrons. The van der Waals surface area contributed by atoms with Crippen molar-refractivity contribution >= 4 is 23.8 Å². The average molecular weight is 630 g/mol. The summed E-state index contributed by atoms with van der Waals surface area (Å²) in [5.41, 5.74) is -1.09. The first-order chi connectivity index (χ1) is 21.0. The third-order valence-corrected chi connectivity index (χ3v) is 14.9. The molecule has 0 aliphatic heterocycles. The lowest BCUT2D eigenvalue weighted by Gasteiger charge is -2.72. The molecular formula is C36H55NO8. The number of ether oxygens (including phenoxy) is 2. The SMILES string of the molecule is C=C(C)[C@@H]1CC[C@]2(C(=O)O)CC[C@]3(C)[C@H](CC[C@@H]4[C@@]5(C)CC[C@@H](OC(C)=O)[C@@](C)(C(=O)N[C@@H](CO)C(=O)OC)[C@@H]5CC[C@]43C)[C@@H]12. The monoisotopic (exact) mass is 629 g/mol. The minimum absolute atomic E-state index is 0.0657. The Kier molecular flexibility index (Phi) is 8.58. The molecule has 0 aromatic heterocycles. The third-order valence-electron chi connectivity index (χ3n) is 14.9. The van der Waals surface area contributed by atoms with Crippen LogP contribution in [0.2, 0.25) is 0 Å². The Hall–Kier alpha value is -2.42. The van der Waals surface area contributed by atoms with Crippen molar-refractivity contribution in [2.24, 2.45) is 56.7 Å². The van der Waals surface area contributed by atoms with Crippen LogP contribution in [-0.4, -0.2) is 59.9 Å². The molecule has 9 heteroatoms. The lowest BCUT2D eigenvalue weighted by molar-refractivity contribution is -0.250. The van der Waals surface area contributed by atoms with Crippen molar-refractivity contribution in [2.45, 2.75) is 118 Å². The highest BCUT2D eigenvalue weighted by atomic mass is 16.5. The van der Waals surface area contributed by atoms with Crippen LogP contribution in [0.25, 0.3) is 0 Å². The van der Waals surface area contributed by atoms with Gasteiger partial charge in [-0.15, -0.1) is 0 Å². The molecule has 9 nitrogen and oxygen atoms in total. The van der Waals surface area contributed by atoms with Gasteiger partial charge < -0.3 is 25.0 Å². The number of esters is 2. The van der Waals surface area contributed by atoms with E-state index in [1.165, 1.54) is 14.0 Å². The number of nitrogens with one attached hydrogen (secondary N) is 1. The van der Waals surface area contributed by atoms with E-state index in [1.807, 2.05) is 6.92 Å². The van der Waals surface area contributed by atoms with Gasteiger partial charge in [0.15, 0.2) is 6.04 Å². The zero-order valence-electron chi connectivity index (χ0n) is 28.4. The summed E-state index contributed by atoms with van der Waals surface area (Å²) >= 11 is 0. The first-order valence-electron chi connectivity index (χ1n) is 17.0. The number of aliphatic carboxylic acids is 1. The van der Waals surface area contributed by atoms with Gasteiger partial charge in [0.05, 0.1) is 24.5 Å². The molecule has 5 fully saturated rings. The zero-order chi connectivity index (χ0) is 33.3. The highest BCUT2D eigenvalue weighted by Crippen LogP contribution is 2.77. The second kappa shape index (κ2) is 11.4. The van der Waals surface area contributed by atoms with E-state index in [0.29, 0.717) is 12.8 Å². The predicted octanol–water partition coefficient (Wildman–Crippen LogP) is 5.29. The van der Waals surface area contributed by atoms with Gasteiger partial charge in [-0.1, -0.05) is 32.9 Å². The Labute approximate surface area is 268 Å². The van der Waals surface area contributed by atoms with Crippen LogP contribution in [0.4, 0.5) is 0 Å². The van der Waals surface area contributed by atoms with Crippen LogP contribution < -0.4 is 5.32 Å². The fraction of sp³-hybridized carbons (Fsp3) is 0.833. The molecule has 0 spiro atoms. The summed E-state index contributed by atoms with van der Waals surface area (Å²) in [4.78, 5) is 51.9. The Balaban J connectivity index is 1.53. The Morgan fingerprint density at radius 2 is 1.58 bits per heavy atom. The molecule has 1 amide bonds. The van der Waals surface area contributed by atoms with Crippen LogP contribution in [0, 0.1) is 56.7 Å². The van der Waals surface area contributed by atoms with E-state index in [-0.39, 0.29) is 45.8 Å². The highest BCUT2D eigenvalue weighted by molar-refractivity contribution is 5.89. The molecular weight excluding hydrogens is 574 g/mol. The standard InChI is InChI=1S/C36H55NO8/c1-20(2)22-11-16-36(31(42)43)18-17-33(5)23(28(22)36)9-10-25-32(4)14-13-27(45-21(3)39)35(7,26(32)12-15-34(25,33)6)30(41)37-24(19-38)29(40)44-8/h22-28,38H,1,9-19H2,2-8H3,(H,37,41)(H,42,43)/t22-,23+,24-,25+,26+,27+,28+,32+,33+,34+,35-,36-/m0/s1. The van der Waals surface area contributed by atoms with Crippen LogP contribution in [0.3, 0.4) is 0 Å². The smallest absolute Gasteiger partial charge is 0.330 e. The Morgan fingerprint density at radius 3 is 2.16 bits per heavy atom. The maximum absolute atomic E-state index is 14.3. The van der Waals surface area contributed by atoms with Gasteiger partial charge in [-0.2, -0.15) is 0 Å². The number of aliphatic hydroxyl groups is 1. The lowest BCUT2D eigenvalue weighted by atomic mass is 9.32. The van der Waals surface area contributed by atoms with Gasteiger partial charge >= 0.3 is 17.9 Å². The van der Waals surface area contributed by atoms with Crippen molar-refractivity contribution in [3.05, 3.63) is 12.2 Å². The van der Waals surface area contributed by atoms with Crippen molar-refractivity contribution in [1.82, 2.24) is 5.32 Å². The van der Waals surface area contributed by atoms with E-state index in [1.54, 1.807) is 0 Å². The van der Waals surface area contributed by atoms with Crippen molar-refractivity contribution in [3.8, 4) is 0 Å². The molecule has 3 N–H and O–H groups in total. The van der Waals surface area contributed by atoms with Crippen LogP contribution in [0.1, 0.15) is 106 Å². The second-order valence-electron chi connectivity index (χ2n) is 16.3. The average Bonchev–Trinajstić information content (AvgIpc) is 3.38. The van der Waals surface area contributed by atoms with Gasteiger partial charge in [-0.25, -0.2) is 4.79 Å². The summed E-state index contributed by atoms with van der Waals surface area (Å²) in [6, 6.07) is -1.21. The van der Waals surface area contributed by atoms with Gasteiger partial charge in [-0.05, 0) is 124 Å². The van der Waals surface area contributed by atoms with Gasteiger partial charge in [0.25, 0.3) is 0 Å². The van der Waals surface area contributed by atoms with Gasteiger partial charge in [-0.3, -0.25) is 14.4 Å². The molecule has 0 aromatic carbocycles. The minimum atomic E-state index is -1.21. The van der Waals surface area contributed by atoms with Crippen LogP contribution in [0.5, 0.6) is 0 Å². The molecule has 45 heavy (non-hydrogen) atoms. The molecule has 0 aromatic rings. The van der Waals surface area contributed by atoms with Crippen LogP contribution in [-0.2, 0) is 28.7 Å². The van der Waals surface area contributed by atoms with E-state index in [9.17, 15) is 29.4 Å². The van der Waals surface area contributed by atoms with Gasteiger partial charge in [0.2, 0.25) is 5.91 Å². The molecule has 5 aliphatic rings. The molecule has 5 aliphatic carbocycles. The number of aliphatic hydroxyl groups excluding tert-OH is 1. The number of methoxy groups -OCH3 is 1. The summed E-state index contributed by atoms with van der Waals surface area (Å²) in [5.74, 6) is -1.48. The lowest BCUT2D eigenvalue weighted by Crippen LogP contribution is -2.69. The fourth-order valence-electron chi connectivity index (χ4n) is 12.5. The summed E-state index contributed by atoms with van der Waals surface area (Å²) in [6.07, 6.45) is 7.38. The van der Waals surface area contributed by atoms with E-state index in [4.69, 9.17) is 9.47 Å². The maximum Gasteiger partial charge on any atom is 0.330 e. The fourth-order valence-corrected chi connectivity index (χ4v) is 12.5. The number of carboxylic acids is 1. The highest BCUT2D eigenvalue weighted by Gasteiger charge is 2.73. The second-order valence-corrected chi connectivity index (χ2v) is 16.3. The first kappa shape index (κ1) is 33.9. The van der Waals surface area contributed by atoms with Crippen LogP contribution in [0.15, 0.2) is 12.2 Å². The number of amides is 1. The largest absolute Gasteiger partial charge is 0.481 e. The molecule has 252 valence electrons. The quantitative estimate of drug-likeness (QED) is 0.255.